The lowest BCUT2D eigenvalue weighted by Crippen LogP contribution is -2.50. The molecule has 0 heterocycles. The van der Waals surface area contributed by atoms with Gasteiger partial charge in [0.1, 0.15) is 10.9 Å². The summed E-state index contributed by atoms with van der Waals surface area (Å²) in [5.74, 6) is 0.129. The van der Waals surface area contributed by atoms with E-state index in [9.17, 15) is 14.6 Å². The molecule has 0 spiro atoms. The first kappa shape index (κ1) is 19.2. The Morgan fingerprint density at radius 3 is 1.73 bits per heavy atom. The summed E-state index contributed by atoms with van der Waals surface area (Å²) in [7, 11) is -4.00. The topological polar surface area (TPSA) is 66.8 Å². The summed E-state index contributed by atoms with van der Waals surface area (Å²) in [5, 5.41) is 8.46. The second kappa shape index (κ2) is 5.99. The molecule has 1 rings (SSSR count). The molecule has 0 bridgehead atoms. The van der Waals surface area contributed by atoms with Crippen LogP contribution < -0.4 is 0 Å². The van der Waals surface area contributed by atoms with Crippen LogP contribution in [0.3, 0.4) is 0 Å². The minimum Gasteiger partial charge on any atom is -0.508 e. The van der Waals surface area contributed by atoms with E-state index in [2.05, 4.69) is 0 Å². The molecular weight excluding hydrogens is 299 g/mol. The highest BCUT2D eigenvalue weighted by Crippen LogP contribution is 2.74. The molecule has 126 valence electrons. The van der Waals surface area contributed by atoms with Gasteiger partial charge >= 0.3 is 7.60 Å². The molecular formula is C17H29O4P. The van der Waals surface area contributed by atoms with Gasteiger partial charge in [0.15, 0.2) is 0 Å². The highest BCUT2D eigenvalue weighted by molar-refractivity contribution is 7.54. The van der Waals surface area contributed by atoms with E-state index in [0.29, 0.717) is 5.56 Å². The van der Waals surface area contributed by atoms with Crippen molar-refractivity contribution in [3.05, 3.63) is 29.8 Å². The number of hydrogen-bond acceptors (Lipinski definition) is 3. The van der Waals surface area contributed by atoms with E-state index in [-0.39, 0.29) is 12.4 Å². The van der Waals surface area contributed by atoms with Crippen LogP contribution in [0.4, 0.5) is 0 Å². The summed E-state index contributed by atoms with van der Waals surface area (Å²) in [4.78, 5) is 10.9. The number of phenols is 1. The zero-order valence-electron chi connectivity index (χ0n) is 14.7. The van der Waals surface area contributed by atoms with Crippen LogP contribution in [0.1, 0.15) is 54.0 Å². The van der Waals surface area contributed by atoms with Gasteiger partial charge in [0, 0.05) is 0 Å². The Kier molecular flexibility index (Phi) is 5.23. The van der Waals surface area contributed by atoms with Gasteiger partial charge in [-0.25, -0.2) is 0 Å². The average molecular weight is 328 g/mol. The van der Waals surface area contributed by atoms with Gasteiger partial charge in [0.25, 0.3) is 0 Å². The van der Waals surface area contributed by atoms with Crippen LogP contribution >= 0.6 is 7.60 Å². The number of rotatable bonds is 4. The van der Waals surface area contributed by atoms with Crippen LogP contribution in [0.25, 0.3) is 0 Å². The Morgan fingerprint density at radius 2 is 1.41 bits per heavy atom. The fourth-order valence-corrected chi connectivity index (χ4v) is 6.69. The SMILES string of the molecule is CCOP(=O)(O)C(c1ccc(O)cc1)(C(C)(C)C)C(C)(C)C. The van der Waals surface area contributed by atoms with Gasteiger partial charge < -0.3 is 14.5 Å². The van der Waals surface area contributed by atoms with Gasteiger partial charge in [-0.2, -0.15) is 0 Å². The van der Waals surface area contributed by atoms with Crippen molar-refractivity contribution in [1.82, 2.24) is 0 Å². The van der Waals surface area contributed by atoms with Crippen molar-refractivity contribution in [3.63, 3.8) is 0 Å². The summed E-state index contributed by atoms with van der Waals surface area (Å²) in [6.45, 7) is 13.6. The normalized spacial score (nSPS) is 16.4. The zero-order valence-corrected chi connectivity index (χ0v) is 15.6. The van der Waals surface area contributed by atoms with Gasteiger partial charge in [-0.15, -0.1) is 0 Å². The first-order valence-corrected chi connectivity index (χ1v) is 9.16. The van der Waals surface area contributed by atoms with Gasteiger partial charge in [0.2, 0.25) is 0 Å². The predicted octanol–water partition coefficient (Wildman–Crippen LogP) is 4.90. The summed E-state index contributed by atoms with van der Waals surface area (Å²) >= 11 is 0. The summed E-state index contributed by atoms with van der Waals surface area (Å²) in [5.41, 5.74) is -0.381. The van der Waals surface area contributed by atoms with Gasteiger partial charge in [-0.1, -0.05) is 53.7 Å². The van der Waals surface area contributed by atoms with E-state index < -0.39 is 23.6 Å². The van der Waals surface area contributed by atoms with Crippen molar-refractivity contribution in [2.45, 2.75) is 53.6 Å². The van der Waals surface area contributed by atoms with E-state index in [1.807, 2.05) is 41.5 Å². The first-order chi connectivity index (χ1) is 9.81. The van der Waals surface area contributed by atoms with Crippen molar-refractivity contribution in [2.75, 3.05) is 6.61 Å². The van der Waals surface area contributed by atoms with E-state index in [1.54, 1.807) is 31.2 Å². The molecule has 1 unspecified atom stereocenters. The number of benzene rings is 1. The number of aromatic hydroxyl groups is 1. The maximum Gasteiger partial charge on any atom is 0.339 e. The average Bonchev–Trinajstić information content (AvgIpc) is 2.28. The lowest BCUT2D eigenvalue weighted by atomic mass is 9.62. The summed E-state index contributed by atoms with van der Waals surface area (Å²) in [6.07, 6.45) is 0. The van der Waals surface area contributed by atoms with Gasteiger partial charge in [-0.05, 0) is 35.4 Å². The molecule has 0 aliphatic heterocycles. The fraction of sp³-hybridized carbons (Fsp3) is 0.647. The van der Waals surface area contributed by atoms with Crippen molar-refractivity contribution < 1.29 is 19.1 Å². The molecule has 1 atom stereocenters. The number of hydrogen-bond donors (Lipinski definition) is 2. The lowest BCUT2D eigenvalue weighted by molar-refractivity contribution is 0.0872. The molecule has 2 N–H and O–H groups in total. The fourth-order valence-electron chi connectivity index (χ4n) is 3.98. The predicted molar refractivity (Wildman–Crippen MR) is 90.1 cm³/mol. The molecule has 1 aromatic rings. The molecule has 0 amide bonds. The van der Waals surface area contributed by atoms with Crippen molar-refractivity contribution in [2.24, 2.45) is 10.8 Å². The Morgan fingerprint density at radius 1 is 1.00 bits per heavy atom. The third kappa shape index (κ3) is 2.97. The third-order valence-electron chi connectivity index (χ3n) is 4.18. The lowest BCUT2D eigenvalue weighted by Gasteiger charge is -2.54. The molecule has 0 aromatic heterocycles. The van der Waals surface area contributed by atoms with Crippen LogP contribution in [-0.2, 0) is 14.2 Å². The summed E-state index contributed by atoms with van der Waals surface area (Å²) in [6, 6.07) is 6.53. The minimum absolute atomic E-state index is 0.129. The van der Waals surface area contributed by atoms with Gasteiger partial charge in [-0.3, -0.25) is 4.57 Å². The molecule has 5 heteroatoms. The zero-order chi connectivity index (χ0) is 17.4. The van der Waals surface area contributed by atoms with Crippen LogP contribution in [0.2, 0.25) is 0 Å². The highest BCUT2D eigenvalue weighted by Gasteiger charge is 2.64. The molecule has 4 nitrogen and oxygen atoms in total. The quantitative estimate of drug-likeness (QED) is 0.771. The molecule has 0 saturated carbocycles. The Balaban J connectivity index is 3.84. The van der Waals surface area contributed by atoms with Crippen molar-refractivity contribution >= 4 is 7.60 Å². The maximum absolute atomic E-state index is 13.3. The molecule has 0 fully saturated rings. The Bertz CT molecular complexity index is 536. The Labute approximate surface area is 134 Å². The first-order valence-electron chi connectivity index (χ1n) is 7.58. The standard InChI is InChI=1S/C17H29O4P/c1-8-21-22(19,20)17(15(2,3)4,16(5,6)7)13-9-11-14(18)12-10-13/h9-12,18H,8H2,1-7H3,(H,19,20). The van der Waals surface area contributed by atoms with Crippen molar-refractivity contribution in [1.29, 1.82) is 0 Å². The smallest absolute Gasteiger partial charge is 0.339 e. The number of phenolic OH excluding ortho intramolecular Hbond substituents is 1. The van der Waals surface area contributed by atoms with Gasteiger partial charge in [0.05, 0.1) is 6.61 Å². The maximum atomic E-state index is 13.3. The molecule has 0 saturated heterocycles. The molecule has 1 aromatic carbocycles. The minimum atomic E-state index is -4.00. The monoisotopic (exact) mass is 328 g/mol. The van der Waals surface area contributed by atoms with Crippen LogP contribution in [0.15, 0.2) is 24.3 Å². The van der Waals surface area contributed by atoms with Crippen LogP contribution in [-0.4, -0.2) is 16.6 Å². The second-order valence-electron chi connectivity index (χ2n) is 7.70. The van der Waals surface area contributed by atoms with E-state index >= 15 is 0 Å². The van der Waals surface area contributed by atoms with Crippen LogP contribution in [0.5, 0.6) is 5.75 Å². The summed E-state index contributed by atoms with van der Waals surface area (Å²) < 4.78 is 18.7. The van der Waals surface area contributed by atoms with E-state index in [0.717, 1.165) is 0 Å². The third-order valence-corrected chi connectivity index (χ3v) is 7.24. The second-order valence-corrected chi connectivity index (χ2v) is 9.67. The molecule has 0 aliphatic rings. The van der Waals surface area contributed by atoms with Crippen LogP contribution in [0, 0.1) is 10.8 Å². The molecule has 0 radical (unpaired) electrons. The van der Waals surface area contributed by atoms with E-state index in [1.165, 1.54) is 0 Å². The highest BCUT2D eigenvalue weighted by atomic mass is 31.2. The van der Waals surface area contributed by atoms with E-state index in [4.69, 9.17) is 4.52 Å². The molecule has 0 aliphatic carbocycles. The van der Waals surface area contributed by atoms with Crippen molar-refractivity contribution in [3.8, 4) is 5.75 Å². The molecule has 22 heavy (non-hydrogen) atoms. The largest absolute Gasteiger partial charge is 0.508 e. The Hall–Kier alpha value is -0.830.